The first-order valence-corrected chi connectivity index (χ1v) is 11.5. The highest BCUT2D eigenvalue weighted by atomic mass is 32.1. The number of piperidine rings is 1. The van der Waals surface area contributed by atoms with Gasteiger partial charge in [0.05, 0.1) is 25.2 Å². The molecule has 0 spiro atoms. The Morgan fingerprint density at radius 2 is 2.13 bits per heavy atom. The molecule has 8 heteroatoms. The predicted molar refractivity (Wildman–Crippen MR) is 123 cm³/mol. The van der Waals surface area contributed by atoms with Crippen LogP contribution in [-0.2, 0) is 11.5 Å². The van der Waals surface area contributed by atoms with Gasteiger partial charge < -0.3 is 10.1 Å². The van der Waals surface area contributed by atoms with Gasteiger partial charge in [0, 0.05) is 24.5 Å². The molecule has 1 saturated heterocycles. The van der Waals surface area contributed by atoms with Crippen molar-refractivity contribution in [3.8, 4) is 5.75 Å². The van der Waals surface area contributed by atoms with Gasteiger partial charge in [0.25, 0.3) is 0 Å². The third-order valence-corrected chi connectivity index (χ3v) is 6.95. The first kappa shape index (κ1) is 20.5. The molecule has 1 aromatic carbocycles. The number of hydrogen-bond donors (Lipinski definition) is 1. The lowest BCUT2D eigenvalue weighted by molar-refractivity contribution is -0.127. The minimum absolute atomic E-state index is 0.0473. The van der Waals surface area contributed by atoms with Crippen LogP contribution in [0.3, 0.4) is 0 Å². The maximum Gasteiger partial charge on any atom is 0.224 e. The van der Waals surface area contributed by atoms with Gasteiger partial charge in [0.1, 0.15) is 5.75 Å². The molecular formula is C23H29N5O2S. The van der Waals surface area contributed by atoms with Crippen molar-refractivity contribution in [2.24, 2.45) is 11.8 Å². The van der Waals surface area contributed by atoms with Crippen molar-refractivity contribution in [2.75, 3.05) is 26.7 Å². The summed E-state index contributed by atoms with van der Waals surface area (Å²) in [7, 11) is 1.67. The van der Waals surface area contributed by atoms with Crippen LogP contribution in [0.5, 0.6) is 5.75 Å². The fourth-order valence-electron chi connectivity index (χ4n) is 4.56. The number of methoxy groups -OCH3 is 1. The van der Waals surface area contributed by atoms with Gasteiger partial charge in [-0.1, -0.05) is 0 Å². The lowest BCUT2D eigenvalue weighted by atomic mass is 9.97. The zero-order valence-electron chi connectivity index (χ0n) is 18.1. The number of nitrogens with one attached hydrogen (secondary N) is 1. The van der Waals surface area contributed by atoms with Crippen molar-refractivity contribution < 1.29 is 9.53 Å². The molecule has 1 saturated carbocycles. The number of likely N-dealkylation sites (tertiary alicyclic amines) is 1. The summed E-state index contributed by atoms with van der Waals surface area (Å²) >= 11 is 5.82. The first-order valence-electron chi connectivity index (χ1n) is 11.1. The number of carbonyl (C=O) groups excluding carboxylic acids is 1. The van der Waals surface area contributed by atoms with Gasteiger partial charge in [-0.3, -0.25) is 14.1 Å². The van der Waals surface area contributed by atoms with E-state index in [9.17, 15) is 4.79 Å². The maximum atomic E-state index is 12.6. The minimum atomic E-state index is 0.0473. The van der Waals surface area contributed by atoms with Gasteiger partial charge in [0.2, 0.25) is 10.7 Å². The summed E-state index contributed by atoms with van der Waals surface area (Å²) in [5, 5.41) is 9.08. The summed E-state index contributed by atoms with van der Waals surface area (Å²) in [4.78, 5) is 14.9. The van der Waals surface area contributed by atoms with Crippen LogP contribution in [0.1, 0.15) is 31.2 Å². The summed E-state index contributed by atoms with van der Waals surface area (Å²) < 4.78 is 9.99. The van der Waals surface area contributed by atoms with Crippen molar-refractivity contribution in [1.29, 1.82) is 0 Å². The van der Waals surface area contributed by atoms with E-state index in [1.54, 1.807) is 7.11 Å². The molecule has 164 valence electrons. The molecule has 0 radical (unpaired) electrons. The molecule has 2 fully saturated rings. The third-order valence-electron chi connectivity index (χ3n) is 6.55. The monoisotopic (exact) mass is 439 g/mol. The van der Waals surface area contributed by atoms with E-state index in [0.29, 0.717) is 17.4 Å². The van der Waals surface area contributed by atoms with E-state index in [1.165, 1.54) is 12.8 Å². The molecule has 1 aliphatic carbocycles. The molecule has 3 aromatic rings. The lowest BCUT2D eigenvalue weighted by Crippen LogP contribution is -2.44. The average Bonchev–Trinajstić information content (AvgIpc) is 3.56. The molecule has 2 aliphatic rings. The summed E-state index contributed by atoms with van der Waals surface area (Å²) in [6.07, 6.45) is 4.47. The van der Waals surface area contributed by atoms with Crippen LogP contribution in [0.4, 0.5) is 0 Å². The zero-order valence-corrected chi connectivity index (χ0v) is 19.0. The molecule has 7 nitrogen and oxygen atoms in total. The summed E-state index contributed by atoms with van der Waals surface area (Å²) in [6, 6.07) is 8.12. The predicted octanol–water partition coefficient (Wildman–Crippen LogP) is 3.53. The highest BCUT2D eigenvalue weighted by molar-refractivity contribution is 7.71. The Labute approximate surface area is 187 Å². The zero-order chi connectivity index (χ0) is 21.5. The van der Waals surface area contributed by atoms with Gasteiger partial charge in [-0.25, -0.2) is 4.68 Å². The van der Waals surface area contributed by atoms with E-state index in [4.69, 9.17) is 22.1 Å². The second kappa shape index (κ2) is 8.24. The minimum Gasteiger partial charge on any atom is -0.497 e. The topological polar surface area (TPSA) is 63.8 Å². The standard InChI is InChI=1S/C23H29N5O2S/c1-15-10-21-25-27(23(31)28(21)20-11-18(30-2)7-8-19(15)20)14-26-9-3-4-17(13-26)22(29)24-12-16-5-6-16/h7-8,10-11,16-17H,3-6,9,12-14H2,1-2H3,(H,24,29). The number of hydrogen-bond acceptors (Lipinski definition) is 5. The van der Waals surface area contributed by atoms with Gasteiger partial charge in [0.15, 0.2) is 5.65 Å². The summed E-state index contributed by atoms with van der Waals surface area (Å²) in [5.41, 5.74) is 2.99. The van der Waals surface area contributed by atoms with Crippen LogP contribution in [0.2, 0.25) is 0 Å². The lowest BCUT2D eigenvalue weighted by Gasteiger charge is -2.31. The average molecular weight is 440 g/mol. The fourth-order valence-corrected chi connectivity index (χ4v) is 4.85. The van der Waals surface area contributed by atoms with E-state index in [1.807, 2.05) is 21.2 Å². The normalized spacial score (nSPS) is 19.7. The fraction of sp³-hybridized carbons (Fsp3) is 0.522. The molecule has 1 N–H and O–H groups in total. The van der Waals surface area contributed by atoms with Crippen LogP contribution < -0.4 is 10.1 Å². The SMILES string of the molecule is COc1ccc2c(C)cc3nn(CN4CCCC(C(=O)NCC5CC5)C4)c(=S)n3c2c1. The Hall–Kier alpha value is -2.45. The van der Waals surface area contributed by atoms with E-state index in [2.05, 4.69) is 29.3 Å². The number of ether oxygens (including phenoxy) is 1. The molecule has 1 unspecified atom stereocenters. The number of amides is 1. The molecule has 1 amide bonds. The van der Waals surface area contributed by atoms with Crippen LogP contribution in [0.15, 0.2) is 24.3 Å². The third kappa shape index (κ3) is 4.06. The van der Waals surface area contributed by atoms with Gasteiger partial charge in [-0.05, 0) is 81.1 Å². The number of nitrogens with zero attached hydrogens (tertiary/aromatic N) is 4. The van der Waals surface area contributed by atoms with Crippen molar-refractivity contribution in [2.45, 2.75) is 39.3 Å². The summed E-state index contributed by atoms with van der Waals surface area (Å²) in [6.45, 7) is 5.22. The van der Waals surface area contributed by atoms with Crippen molar-refractivity contribution >= 4 is 34.7 Å². The molecular weight excluding hydrogens is 410 g/mol. The number of aromatic nitrogens is 3. The van der Waals surface area contributed by atoms with Crippen LogP contribution >= 0.6 is 12.2 Å². The van der Waals surface area contributed by atoms with Gasteiger partial charge in [-0.15, -0.1) is 0 Å². The van der Waals surface area contributed by atoms with Crippen LogP contribution in [-0.4, -0.2) is 51.7 Å². The van der Waals surface area contributed by atoms with E-state index in [0.717, 1.165) is 60.3 Å². The van der Waals surface area contributed by atoms with E-state index < -0.39 is 0 Å². The Kier molecular flexibility index (Phi) is 5.44. The first-order chi connectivity index (χ1) is 15.0. The number of rotatable bonds is 6. The van der Waals surface area contributed by atoms with Gasteiger partial charge in [-0.2, -0.15) is 5.10 Å². The maximum absolute atomic E-state index is 12.6. The second-order valence-electron chi connectivity index (χ2n) is 8.93. The Balaban J connectivity index is 1.40. The number of carbonyl (C=O) groups is 1. The van der Waals surface area contributed by atoms with Crippen LogP contribution in [0, 0.1) is 23.5 Å². The molecule has 1 atom stereocenters. The number of pyridine rings is 1. The molecule has 3 heterocycles. The molecule has 2 aromatic heterocycles. The van der Waals surface area contributed by atoms with Crippen molar-refractivity contribution in [3.63, 3.8) is 0 Å². The summed E-state index contributed by atoms with van der Waals surface area (Å²) in [5.74, 6) is 1.75. The van der Waals surface area contributed by atoms with Crippen molar-refractivity contribution in [1.82, 2.24) is 24.4 Å². The number of aryl methyl sites for hydroxylation is 1. The van der Waals surface area contributed by atoms with Crippen LogP contribution in [0.25, 0.3) is 16.6 Å². The molecule has 0 bridgehead atoms. The van der Waals surface area contributed by atoms with E-state index in [-0.39, 0.29) is 11.8 Å². The highest BCUT2D eigenvalue weighted by Crippen LogP contribution is 2.28. The van der Waals surface area contributed by atoms with Gasteiger partial charge >= 0.3 is 0 Å². The number of fused-ring (bicyclic) bond motifs is 3. The Bertz CT molecular complexity index is 1200. The highest BCUT2D eigenvalue weighted by Gasteiger charge is 2.28. The second-order valence-corrected chi connectivity index (χ2v) is 9.30. The molecule has 5 rings (SSSR count). The van der Waals surface area contributed by atoms with E-state index >= 15 is 0 Å². The Morgan fingerprint density at radius 3 is 2.90 bits per heavy atom. The smallest absolute Gasteiger partial charge is 0.224 e. The largest absolute Gasteiger partial charge is 0.497 e. The number of benzene rings is 1. The Morgan fingerprint density at radius 1 is 1.29 bits per heavy atom. The van der Waals surface area contributed by atoms with Crippen molar-refractivity contribution in [3.05, 3.63) is 34.6 Å². The molecule has 1 aliphatic heterocycles. The molecule has 31 heavy (non-hydrogen) atoms. The quantitative estimate of drug-likeness (QED) is 0.596.